The zero-order valence-electron chi connectivity index (χ0n) is 29.3. The number of carbonyl (C=O) groups excluding carboxylic acids is 5. The Labute approximate surface area is 284 Å². The van der Waals surface area contributed by atoms with E-state index in [-0.39, 0.29) is 60.4 Å². The van der Waals surface area contributed by atoms with Gasteiger partial charge in [-0.2, -0.15) is 0 Å². The third kappa shape index (κ3) is 16.2. The van der Waals surface area contributed by atoms with Crippen LogP contribution < -0.4 is 0 Å². The highest BCUT2D eigenvalue weighted by atomic mass is 32.1. The van der Waals surface area contributed by atoms with Crippen molar-refractivity contribution in [2.75, 3.05) is 20.3 Å². The number of ketones is 2. The number of Topliss-reactive ketones (excluding diaryl/α,β-unsaturated/α-hetero) is 1. The van der Waals surface area contributed by atoms with Crippen LogP contribution in [0.15, 0.2) is 22.9 Å². The third-order valence-corrected chi connectivity index (χ3v) is 7.14. The zero-order chi connectivity index (χ0) is 35.6. The Morgan fingerprint density at radius 3 is 1.80 bits per heavy atom. The third-order valence-electron chi connectivity index (χ3n) is 5.40. The van der Waals surface area contributed by atoms with Gasteiger partial charge in [0.1, 0.15) is 5.60 Å². The van der Waals surface area contributed by atoms with Gasteiger partial charge in [0.2, 0.25) is 5.78 Å². The minimum Gasteiger partial charge on any atom is -0.461 e. The first-order valence-corrected chi connectivity index (χ1v) is 16.4. The molecule has 0 aliphatic rings. The lowest BCUT2D eigenvalue weighted by Crippen LogP contribution is -2.44. The van der Waals surface area contributed by atoms with E-state index in [1.807, 2.05) is 27.7 Å². The number of allylic oxidation sites excluding steroid dienone is 2. The highest BCUT2D eigenvalue weighted by Gasteiger charge is 2.30. The number of amides is 1. The Balaban J connectivity index is 0. The minimum atomic E-state index is -0.610. The topological polar surface area (TPSA) is 142 Å². The number of hydrogen-bond acceptors (Lipinski definition) is 12. The molecule has 0 radical (unpaired) electrons. The number of esters is 2. The summed E-state index contributed by atoms with van der Waals surface area (Å²) >= 11 is 2.25. The van der Waals surface area contributed by atoms with E-state index in [2.05, 4.69) is 9.97 Å². The van der Waals surface area contributed by atoms with E-state index in [0.29, 0.717) is 24.4 Å². The van der Waals surface area contributed by atoms with E-state index in [1.165, 1.54) is 21.7 Å². The highest BCUT2D eigenvalue weighted by Crippen LogP contribution is 2.21. The Morgan fingerprint density at radius 2 is 1.39 bits per heavy atom. The van der Waals surface area contributed by atoms with Crippen molar-refractivity contribution in [3.05, 3.63) is 44.3 Å². The van der Waals surface area contributed by atoms with Gasteiger partial charge in [-0.1, -0.05) is 55.0 Å². The van der Waals surface area contributed by atoms with Crippen LogP contribution in [-0.2, 0) is 14.2 Å². The van der Waals surface area contributed by atoms with Crippen LogP contribution in [0.1, 0.15) is 132 Å². The van der Waals surface area contributed by atoms with Crippen molar-refractivity contribution >= 4 is 52.3 Å². The Bertz CT molecular complexity index is 1300. The van der Waals surface area contributed by atoms with Crippen LogP contribution in [0.5, 0.6) is 0 Å². The van der Waals surface area contributed by atoms with Crippen molar-refractivity contribution in [2.24, 2.45) is 11.8 Å². The molecule has 0 bridgehead atoms. The van der Waals surface area contributed by atoms with Crippen LogP contribution in [0.25, 0.3) is 0 Å². The Morgan fingerprint density at radius 1 is 0.935 bits per heavy atom. The number of aromatic nitrogens is 2. The van der Waals surface area contributed by atoms with Crippen LogP contribution in [0, 0.1) is 11.8 Å². The molecule has 46 heavy (non-hydrogen) atoms. The lowest BCUT2D eigenvalue weighted by Gasteiger charge is -2.32. The molecule has 260 valence electrons. The van der Waals surface area contributed by atoms with Gasteiger partial charge in [0.05, 0.1) is 13.2 Å². The van der Waals surface area contributed by atoms with Gasteiger partial charge >= 0.3 is 18.0 Å². The predicted octanol–water partition coefficient (Wildman–Crippen LogP) is 8.16. The quantitative estimate of drug-likeness (QED) is 0.0930. The van der Waals surface area contributed by atoms with Gasteiger partial charge in [0.25, 0.3) is 0 Å². The van der Waals surface area contributed by atoms with E-state index in [4.69, 9.17) is 15.6 Å². The molecule has 2 heterocycles. The van der Waals surface area contributed by atoms with Crippen molar-refractivity contribution in [3.8, 4) is 0 Å². The monoisotopic (exact) mass is 684 g/mol. The molecule has 0 saturated heterocycles. The first kappa shape index (κ1) is 42.6. The number of ether oxygens (including phenoxy) is 3. The zero-order valence-corrected chi connectivity index (χ0v) is 29.9. The summed E-state index contributed by atoms with van der Waals surface area (Å²) in [6.45, 7) is 19.5. The minimum absolute atomic E-state index is 0. The van der Waals surface area contributed by atoms with E-state index < -0.39 is 23.6 Å². The fourth-order valence-electron chi connectivity index (χ4n) is 3.30. The van der Waals surface area contributed by atoms with Crippen LogP contribution in [0.2, 0.25) is 0 Å². The standard InChI is InChI=1S/C18H28N2O5S.C12H15NO3S.C2H6.CH4/c1-8-24-16(22)12-10-26-15(19-12)14(21)9-13(11(2)3)20(7)17(23)25-18(4,5)6;1-4-16-12(15)9-7-17-11(13-9)10(14)6-5-8(2)3;1-2;/h10-11,13H,8-9H2,1-7H3;5-8H,4H2,1-3H3;1-2H3;1H4/b;6-5+;;/i;;1D;. The van der Waals surface area contributed by atoms with Gasteiger partial charge in [-0.05, 0) is 52.5 Å². The summed E-state index contributed by atoms with van der Waals surface area (Å²) in [7, 11) is 1.62. The van der Waals surface area contributed by atoms with E-state index >= 15 is 0 Å². The van der Waals surface area contributed by atoms with Gasteiger partial charge in [-0.3, -0.25) is 9.59 Å². The molecular weight excluding hydrogens is 631 g/mol. The largest absolute Gasteiger partial charge is 0.461 e. The van der Waals surface area contributed by atoms with Gasteiger partial charge in [-0.25, -0.2) is 24.4 Å². The maximum atomic E-state index is 12.6. The molecule has 11 nitrogen and oxygen atoms in total. The Kier molecular flexibility index (Phi) is 20.5. The summed E-state index contributed by atoms with van der Waals surface area (Å²) in [4.78, 5) is 69.0. The van der Waals surface area contributed by atoms with Gasteiger partial charge in [-0.15, -0.1) is 22.7 Å². The summed E-state index contributed by atoms with van der Waals surface area (Å²) in [5.74, 6) is -1.09. The summed E-state index contributed by atoms with van der Waals surface area (Å²) in [5, 5.41) is 3.59. The fraction of sp³-hybridized carbons (Fsp3) is 0.606. The average molecular weight is 685 g/mol. The van der Waals surface area contributed by atoms with Crippen molar-refractivity contribution in [1.82, 2.24) is 14.9 Å². The maximum absolute atomic E-state index is 12.6. The number of hydrogen-bond donors (Lipinski definition) is 0. The summed E-state index contributed by atoms with van der Waals surface area (Å²) in [6, 6.07) is -0.340. The number of nitrogens with zero attached hydrogens (tertiary/aromatic N) is 3. The van der Waals surface area contributed by atoms with Crippen molar-refractivity contribution in [3.63, 3.8) is 0 Å². The smallest absolute Gasteiger partial charge is 0.410 e. The molecule has 1 amide bonds. The molecule has 0 spiro atoms. The lowest BCUT2D eigenvalue weighted by molar-refractivity contribution is 0.0173. The van der Waals surface area contributed by atoms with E-state index in [1.54, 1.807) is 54.7 Å². The van der Waals surface area contributed by atoms with Crippen molar-refractivity contribution < 1.29 is 39.6 Å². The summed E-state index contributed by atoms with van der Waals surface area (Å²) in [5.41, 5.74) is -0.291. The maximum Gasteiger partial charge on any atom is 0.410 e. The van der Waals surface area contributed by atoms with E-state index in [9.17, 15) is 24.0 Å². The molecule has 0 aliphatic carbocycles. The van der Waals surface area contributed by atoms with Crippen LogP contribution in [0.4, 0.5) is 4.79 Å². The van der Waals surface area contributed by atoms with Crippen LogP contribution >= 0.6 is 22.7 Å². The molecule has 0 aliphatic heterocycles. The van der Waals surface area contributed by atoms with Crippen molar-refractivity contribution in [2.45, 2.75) is 102 Å². The SMILES string of the molecule is C.CCOC(=O)c1csc(C(=O)/C=C/C(C)C)n1.CCOC(=O)c1csc(C(=O)CC(C(C)C)N(C)C(=O)OC(C)(C)C)n1.[2H]CC. The fourth-order valence-corrected chi connectivity index (χ4v) is 4.75. The van der Waals surface area contributed by atoms with Crippen molar-refractivity contribution in [1.29, 1.82) is 0 Å². The molecule has 0 saturated carbocycles. The molecule has 2 aromatic heterocycles. The van der Waals surface area contributed by atoms with Crippen LogP contribution in [0.3, 0.4) is 0 Å². The van der Waals surface area contributed by atoms with Gasteiger partial charge in [0.15, 0.2) is 27.2 Å². The second-order valence-electron chi connectivity index (χ2n) is 11.0. The van der Waals surface area contributed by atoms with Gasteiger partial charge in [0, 0.05) is 31.6 Å². The second kappa shape index (κ2) is 22.1. The molecule has 2 rings (SSSR count). The first-order chi connectivity index (χ1) is 21.4. The molecule has 1 unspecified atom stereocenters. The second-order valence-corrected chi connectivity index (χ2v) is 12.7. The molecular formula is C33H53N3O8S2. The van der Waals surface area contributed by atoms with E-state index in [0.717, 1.165) is 22.7 Å². The molecule has 13 heteroatoms. The molecule has 0 aromatic carbocycles. The molecule has 0 N–H and O–H groups in total. The number of rotatable bonds is 12. The number of carbonyl (C=O) groups is 5. The first-order valence-electron chi connectivity index (χ1n) is 15.4. The average Bonchev–Trinajstić information content (AvgIpc) is 3.65. The Hall–Kier alpha value is -3.45. The predicted molar refractivity (Wildman–Crippen MR) is 184 cm³/mol. The summed E-state index contributed by atoms with van der Waals surface area (Å²) in [6.07, 6.45) is 2.91. The molecule has 0 fully saturated rings. The normalized spacial score (nSPS) is 11.6. The summed E-state index contributed by atoms with van der Waals surface area (Å²) < 4.78 is 21.3. The molecule has 1 atom stereocenters. The highest BCUT2D eigenvalue weighted by molar-refractivity contribution is 7.12. The lowest BCUT2D eigenvalue weighted by atomic mass is 9.97. The van der Waals surface area contributed by atoms with Gasteiger partial charge < -0.3 is 19.1 Å². The van der Waals surface area contributed by atoms with Crippen LogP contribution in [-0.4, -0.2) is 76.4 Å². The molecule has 2 aromatic rings. The number of thiazole rings is 2.